The van der Waals surface area contributed by atoms with Crippen molar-refractivity contribution in [2.24, 2.45) is 4.99 Å². The number of aliphatic imine (C=N–C) groups is 1. The summed E-state index contributed by atoms with van der Waals surface area (Å²) in [5.41, 5.74) is 0.123. The van der Waals surface area contributed by atoms with Crippen LogP contribution in [0.4, 0.5) is 4.39 Å². The molecule has 0 spiro atoms. The number of ether oxygens (including phenoxy) is 2. The van der Waals surface area contributed by atoms with Gasteiger partial charge in [-0.3, -0.25) is 0 Å². The standard InChI is InChI=1S/C11H9ClFNO3/c12-8-4-9-11(17-3-1-2-16-9)7(10(8)13)5-14-6-15/h4H,1-3,5H2. The van der Waals surface area contributed by atoms with Crippen molar-refractivity contribution in [3.63, 3.8) is 0 Å². The third-order valence-electron chi connectivity index (χ3n) is 2.32. The van der Waals surface area contributed by atoms with Crippen LogP contribution in [0, 0.1) is 5.82 Å². The molecule has 0 saturated carbocycles. The second kappa shape index (κ2) is 5.17. The first kappa shape index (κ1) is 11.9. The number of fused-ring (bicyclic) bond motifs is 1. The lowest BCUT2D eigenvalue weighted by Gasteiger charge is -2.12. The van der Waals surface area contributed by atoms with Gasteiger partial charge in [0, 0.05) is 12.5 Å². The molecule has 6 heteroatoms. The predicted molar refractivity (Wildman–Crippen MR) is 58.8 cm³/mol. The highest BCUT2D eigenvalue weighted by atomic mass is 35.5. The maximum absolute atomic E-state index is 13.8. The minimum atomic E-state index is -0.644. The Bertz CT molecular complexity index is 486. The van der Waals surface area contributed by atoms with Crippen molar-refractivity contribution >= 4 is 17.7 Å². The lowest BCUT2D eigenvalue weighted by atomic mass is 10.1. The zero-order chi connectivity index (χ0) is 12.3. The molecule has 0 radical (unpaired) electrons. The van der Waals surface area contributed by atoms with E-state index in [9.17, 15) is 9.18 Å². The molecule has 0 aromatic heterocycles. The fourth-order valence-corrected chi connectivity index (χ4v) is 1.78. The predicted octanol–water partition coefficient (Wildman–Crippen LogP) is 2.48. The van der Waals surface area contributed by atoms with E-state index in [4.69, 9.17) is 21.1 Å². The molecule has 0 atom stereocenters. The van der Waals surface area contributed by atoms with Crippen molar-refractivity contribution < 1.29 is 18.7 Å². The van der Waals surface area contributed by atoms with Crippen molar-refractivity contribution in [3.05, 3.63) is 22.5 Å². The minimum Gasteiger partial charge on any atom is -0.489 e. The Morgan fingerprint density at radius 3 is 3.00 bits per heavy atom. The molecule has 90 valence electrons. The fourth-order valence-electron chi connectivity index (χ4n) is 1.57. The number of isocyanates is 1. The third-order valence-corrected chi connectivity index (χ3v) is 2.60. The second-order valence-corrected chi connectivity index (χ2v) is 3.84. The first-order chi connectivity index (χ1) is 8.24. The molecule has 2 rings (SSSR count). The Hall–Kier alpha value is -1.58. The minimum absolute atomic E-state index is 0.0784. The summed E-state index contributed by atoms with van der Waals surface area (Å²) in [5, 5.41) is -0.0784. The molecule has 0 unspecified atom stereocenters. The molecule has 1 aliphatic heterocycles. The van der Waals surface area contributed by atoms with E-state index in [-0.39, 0.29) is 22.9 Å². The normalized spacial score (nSPS) is 13.8. The van der Waals surface area contributed by atoms with Crippen LogP contribution < -0.4 is 9.47 Å². The Morgan fingerprint density at radius 2 is 2.24 bits per heavy atom. The number of halogens is 2. The zero-order valence-corrected chi connectivity index (χ0v) is 9.59. The summed E-state index contributed by atoms with van der Waals surface area (Å²) in [4.78, 5) is 13.4. The van der Waals surface area contributed by atoms with Crippen LogP contribution in [0.2, 0.25) is 5.02 Å². The maximum Gasteiger partial charge on any atom is 0.235 e. The summed E-state index contributed by atoms with van der Waals surface area (Å²) < 4.78 is 24.6. The Balaban J connectivity index is 2.52. The van der Waals surface area contributed by atoms with Gasteiger partial charge >= 0.3 is 0 Å². The van der Waals surface area contributed by atoms with Crippen LogP contribution in [0.15, 0.2) is 11.1 Å². The molecule has 1 aromatic carbocycles. The molecule has 0 saturated heterocycles. The average Bonchev–Trinajstić information content (AvgIpc) is 2.55. The van der Waals surface area contributed by atoms with Crippen molar-refractivity contribution in [1.82, 2.24) is 0 Å². The first-order valence-electron chi connectivity index (χ1n) is 5.04. The summed E-state index contributed by atoms with van der Waals surface area (Å²) in [6.45, 7) is 0.735. The average molecular weight is 258 g/mol. The summed E-state index contributed by atoms with van der Waals surface area (Å²) in [6, 6.07) is 1.37. The van der Waals surface area contributed by atoms with E-state index in [1.807, 2.05) is 0 Å². The summed E-state index contributed by atoms with van der Waals surface area (Å²) >= 11 is 5.73. The molecule has 1 heterocycles. The van der Waals surface area contributed by atoms with Crippen LogP contribution in [0.1, 0.15) is 12.0 Å². The van der Waals surface area contributed by atoms with E-state index in [1.165, 1.54) is 12.1 Å². The van der Waals surface area contributed by atoms with E-state index in [1.54, 1.807) is 0 Å². The lowest BCUT2D eigenvalue weighted by molar-refractivity contribution is 0.296. The van der Waals surface area contributed by atoms with E-state index in [2.05, 4.69) is 4.99 Å². The number of hydrogen-bond acceptors (Lipinski definition) is 4. The van der Waals surface area contributed by atoms with Crippen LogP contribution in [0.25, 0.3) is 0 Å². The van der Waals surface area contributed by atoms with Crippen LogP contribution in [0.3, 0.4) is 0 Å². The highest BCUT2D eigenvalue weighted by Gasteiger charge is 2.21. The molecule has 0 N–H and O–H groups in total. The molecular formula is C11H9ClFNO3. The maximum atomic E-state index is 13.8. The van der Waals surface area contributed by atoms with Gasteiger partial charge in [0.25, 0.3) is 0 Å². The lowest BCUT2D eigenvalue weighted by Crippen LogP contribution is -2.00. The highest BCUT2D eigenvalue weighted by Crippen LogP contribution is 2.39. The molecule has 4 nitrogen and oxygen atoms in total. The molecule has 17 heavy (non-hydrogen) atoms. The van der Waals surface area contributed by atoms with Crippen LogP contribution in [-0.2, 0) is 11.3 Å². The van der Waals surface area contributed by atoms with Gasteiger partial charge in [-0.1, -0.05) is 11.6 Å². The number of benzene rings is 1. The quantitative estimate of drug-likeness (QED) is 0.604. The van der Waals surface area contributed by atoms with Crippen molar-refractivity contribution in [2.75, 3.05) is 13.2 Å². The molecule has 1 aliphatic rings. The number of carbonyl (C=O) groups excluding carboxylic acids is 1. The van der Waals surface area contributed by atoms with Gasteiger partial charge in [-0.05, 0) is 0 Å². The van der Waals surface area contributed by atoms with E-state index >= 15 is 0 Å². The molecular weight excluding hydrogens is 249 g/mol. The summed E-state index contributed by atoms with van der Waals surface area (Å²) in [7, 11) is 0. The third kappa shape index (κ3) is 2.40. The van der Waals surface area contributed by atoms with Gasteiger partial charge < -0.3 is 9.47 Å². The number of hydrogen-bond donors (Lipinski definition) is 0. The Labute approximate surface area is 102 Å². The zero-order valence-electron chi connectivity index (χ0n) is 8.83. The van der Waals surface area contributed by atoms with E-state index in [0.29, 0.717) is 25.4 Å². The van der Waals surface area contributed by atoms with Gasteiger partial charge in [-0.2, -0.15) is 0 Å². The van der Waals surface area contributed by atoms with Crippen molar-refractivity contribution in [2.45, 2.75) is 13.0 Å². The topological polar surface area (TPSA) is 47.9 Å². The van der Waals surface area contributed by atoms with Gasteiger partial charge in [-0.15, -0.1) is 0 Å². The Morgan fingerprint density at radius 1 is 1.47 bits per heavy atom. The van der Waals surface area contributed by atoms with Crippen LogP contribution >= 0.6 is 11.6 Å². The smallest absolute Gasteiger partial charge is 0.235 e. The molecule has 0 fully saturated rings. The second-order valence-electron chi connectivity index (χ2n) is 3.44. The van der Waals surface area contributed by atoms with Crippen LogP contribution in [0.5, 0.6) is 11.5 Å². The SMILES string of the molecule is O=C=NCc1c(F)c(Cl)cc2c1OCCCO2. The van der Waals surface area contributed by atoms with Crippen LogP contribution in [-0.4, -0.2) is 19.3 Å². The van der Waals surface area contributed by atoms with Gasteiger partial charge in [0.2, 0.25) is 6.08 Å². The number of rotatable bonds is 2. The Kier molecular flexibility index (Phi) is 3.61. The molecule has 0 aliphatic carbocycles. The fraction of sp³-hybridized carbons (Fsp3) is 0.364. The van der Waals surface area contributed by atoms with E-state index < -0.39 is 5.82 Å². The monoisotopic (exact) mass is 257 g/mol. The first-order valence-corrected chi connectivity index (χ1v) is 5.42. The highest BCUT2D eigenvalue weighted by molar-refractivity contribution is 6.31. The molecule has 0 amide bonds. The van der Waals surface area contributed by atoms with Crippen molar-refractivity contribution in [3.8, 4) is 11.5 Å². The molecule has 0 bridgehead atoms. The summed E-state index contributed by atoms with van der Waals surface area (Å²) in [5.74, 6) is 0.00307. The molecule has 1 aromatic rings. The largest absolute Gasteiger partial charge is 0.489 e. The van der Waals surface area contributed by atoms with Gasteiger partial charge in [0.1, 0.15) is 0 Å². The van der Waals surface area contributed by atoms with Gasteiger partial charge in [0.15, 0.2) is 17.3 Å². The van der Waals surface area contributed by atoms with Crippen molar-refractivity contribution in [1.29, 1.82) is 0 Å². The summed E-state index contributed by atoms with van der Waals surface area (Å²) in [6.07, 6.45) is 2.05. The van der Waals surface area contributed by atoms with Gasteiger partial charge in [0.05, 0.1) is 30.3 Å². The van der Waals surface area contributed by atoms with E-state index in [0.717, 1.165) is 0 Å². The number of nitrogens with zero attached hydrogens (tertiary/aromatic N) is 1. The van der Waals surface area contributed by atoms with Gasteiger partial charge in [-0.25, -0.2) is 14.2 Å².